The quantitative estimate of drug-likeness (QED) is 0.324. The van der Waals surface area contributed by atoms with Gasteiger partial charge in [0.05, 0.1) is 34.9 Å². The second-order valence-electron chi connectivity index (χ2n) is 7.81. The lowest BCUT2D eigenvalue weighted by molar-refractivity contribution is 0.102. The lowest BCUT2D eigenvalue weighted by atomic mass is 9.84. The van der Waals surface area contributed by atoms with Crippen LogP contribution in [0.25, 0.3) is 10.9 Å². The minimum absolute atomic E-state index is 0.290. The van der Waals surface area contributed by atoms with E-state index < -0.39 is 0 Å². The first-order chi connectivity index (χ1) is 14.4. The molecule has 2 aromatic heterocycles. The molecule has 3 aromatic rings. The van der Waals surface area contributed by atoms with Crippen LogP contribution < -0.4 is 10.1 Å². The van der Waals surface area contributed by atoms with Crippen molar-refractivity contribution < 1.29 is 9.53 Å². The SMILES string of the molecule is COc1cc2nn([C@H]3CC[C@H]([C@H](C)I)CC3)cc2cc1NC(=O)c1cncc(Cl)c1. The van der Waals surface area contributed by atoms with Gasteiger partial charge in [0.2, 0.25) is 0 Å². The van der Waals surface area contributed by atoms with Crippen LogP contribution in [0.3, 0.4) is 0 Å². The van der Waals surface area contributed by atoms with Crippen LogP contribution in [0, 0.1) is 5.92 Å². The number of pyridine rings is 1. The van der Waals surface area contributed by atoms with Crippen LogP contribution in [0.5, 0.6) is 5.75 Å². The molecule has 1 aromatic carbocycles. The molecule has 1 saturated carbocycles. The van der Waals surface area contributed by atoms with Gasteiger partial charge in [-0.25, -0.2) is 0 Å². The van der Waals surface area contributed by atoms with Crippen LogP contribution in [-0.2, 0) is 0 Å². The number of hydrogen-bond acceptors (Lipinski definition) is 4. The van der Waals surface area contributed by atoms with Crippen molar-refractivity contribution in [2.45, 2.75) is 42.6 Å². The number of ether oxygens (including phenoxy) is 1. The number of methoxy groups -OCH3 is 1. The van der Waals surface area contributed by atoms with E-state index in [-0.39, 0.29) is 5.91 Å². The number of hydrogen-bond donors (Lipinski definition) is 1. The number of anilines is 1. The Morgan fingerprint density at radius 2 is 2.03 bits per heavy atom. The zero-order chi connectivity index (χ0) is 21.3. The third kappa shape index (κ3) is 4.56. The fourth-order valence-electron chi connectivity index (χ4n) is 4.08. The Bertz CT molecular complexity index is 1060. The maximum atomic E-state index is 12.6. The van der Waals surface area contributed by atoms with Crippen molar-refractivity contribution in [3.8, 4) is 5.75 Å². The van der Waals surface area contributed by atoms with Gasteiger partial charge in [-0.2, -0.15) is 5.10 Å². The first-order valence-corrected chi connectivity index (χ1v) is 11.7. The van der Waals surface area contributed by atoms with Gasteiger partial charge in [0.1, 0.15) is 5.75 Å². The van der Waals surface area contributed by atoms with Gasteiger partial charge in [-0.1, -0.05) is 41.1 Å². The third-order valence-electron chi connectivity index (χ3n) is 5.82. The zero-order valence-electron chi connectivity index (χ0n) is 16.9. The Hall–Kier alpha value is -1.87. The topological polar surface area (TPSA) is 69.0 Å². The molecule has 0 bridgehead atoms. The number of aromatic nitrogens is 3. The lowest BCUT2D eigenvalue weighted by Crippen LogP contribution is -2.22. The summed E-state index contributed by atoms with van der Waals surface area (Å²) >= 11 is 8.49. The molecule has 30 heavy (non-hydrogen) atoms. The van der Waals surface area contributed by atoms with E-state index in [0.29, 0.717) is 32.0 Å². The summed E-state index contributed by atoms with van der Waals surface area (Å²) in [6.45, 7) is 2.30. The predicted octanol–water partition coefficient (Wildman–Crippen LogP) is 5.90. The summed E-state index contributed by atoms with van der Waals surface area (Å²) in [5, 5.41) is 9.09. The number of rotatable bonds is 5. The average molecular weight is 539 g/mol. The van der Waals surface area contributed by atoms with Crippen molar-refractivity contribution in [3.05, 3.63) is 47.4 Å². The number of amides is 1. The first kappa shape index (κ1) is 21.4. The van der Waals surface area contributed by atoms with Crippen molar-refractivity contribution >= 4 is 56.7 Å². The molecule has 1 aliphatic rings. The number of nitrogens with zero attached hydrogens (tertiary/aromatic N) is 3. The fourth-order valence-corrected chi connectivity index (χ4v) is 4.97. The largest absolute Gasteiger partial charge is 0.494 e. The van der Waals surface area contributed by atoms with E-state index in [0.717, 1.165) is 29.7 Å². The molecule has 8 heteroatoms. The van der Waals surface area contributed by atoms with E-state index in [1.165, 1.54) is 25.2 Å². The predicted molar refractivity (Wildman–Crippen MR) is 128 cm³/mol. The molecule has 4 rings (SSSR count). The number of alkyl halides is 1. The van der Waals surface area contributed by atoms with Crippen molar-refractivity contribution in [3.63, 3.8) is 0 Å². The number of benzene rings is 1. The lowest BCUT2D eigenvalue weighted by Gasteiger charge is -2.30. The second kappa shape index (κ2) is 9.09. The Morgan fingerprint density at radius 1 is 1.27 bits per heavy atom. The van der Waals surface area contributed by atoms with E-state index in [1.807, 2.05) is 12.1 Å². The standard InChI is InChI=1S/C22H24ClIN4O2/c1-13(24)14-3-5-18(6-4-14)28-12-16-8-20(21(30-2)9-19(16)27-28)26-22(29)15-7-17(23)11-25-10-15/h7-14,18H,3-6H2,1-2H3,(H,26,29)/t13-,14-,18-/m0/s1. The maximum Gasteiger partial charge on any atom is 0.257 e. The van der Waals surface area contributed by atoms with Crippen LogP contribution in [0.4, 0.5) is 5.69 Å². The summed E-state index contributed by atoms with van der Waals surface area (Å²) in [5.74, 6) is 1.08. The Morgan fingerprint density at radius 3 is 2.70 bits per heavy atom. The Labute approximate surface area is 194 Å². The minimum atomic E-state index is -0.290. The van der Waals surface area contributed by atoms with Gasteiger partial charge in [-0.3, -0.25) is 14.5 Å². The number of carbonyl (C=O) groups is 1. The molecule has 1 fully saturated rings. The first-order valence-electron chi connectivity index (χ1n) is 10.1. The average Bonchev–Trinajstić information content (AvgIpc) is 3.16. The van der Waals surface area contributed by atoms with E-state index in [1.54, 1.807) is 13.2 Å². The molecule has 0 radical (unpaired) electrons. The maximum absolute atomic E-state index is 12.6. The summed E-state index contributed by atoms with van der Waals surface area (Å²) in [6.07, 6.45) is 9.82. The molecule has 158 valence electrons. The van der Waals surface area contributed by atoms with Crippen molar-refractivity contribution in [1.29, 1.82) is 0 Å². The number of halogens is 2. The molecular weight excluding hydrogens is 515 g/mol. The van der Waals surface area contributed by atoms with Gasteiger partial charge >= 0.3 is 0 Å². The van der Waals surface area contributed by atoms with E-state index >= 15 is 0 Å². The van der Waals surface area contributed by atoms with Crippen LogP contribution in [0.2, 0.25) is 5.02 Å². The molecule has 1 atom stereocenters. The highest BCUT2D eigenvalue weighted by Crippen LogP contribution is 2.37. The summed E-state index contributed by atoms with van der Waals surface area (Å²) in [4.78, 5) is 16.6. The normalized spacial score (nSPS) is 20.1. The van der Waals surface area contributed by atoms with Crippen molar-refractivity contribution in [2.24, 2.45) is 5.92 Å². The van der Waals surface area contributed by atoms with Gasteiger partial charge in [0, 0.05) is 34.0 Å². The molecule has 1 aliphatic carbocycles. The fraction of sp³-hybridized carbons (Fsp3) is 0.409. The number of fused-ring (bicyclic) bond motifs is 1. The Kier molecular flexibility index (Phi) is 6.48. The van der Waals surface area contributed by atoms with Crippen molar-refractivity contribution in [1.82, 2.24) is 14.8 Å². The smallest absolute Gasteiger partial charge is 0.257 e. The number of nitrogens with one attached hydrogen (secondary N) is 1. The van der Waals surface area contributed by atoms with E-state index in [9.17, 15) is 4.79 Å². The summed E-state index contributed by atoms with van der Waals surface area (Å²) in [7, 11) is 1.58. The molecule has 0 unspecified atom stereocenters. The molecule has 0 aliphatic heterocycles. The second-order valence-corrected chi connectivity index (χ2v) is 10.2. The molecule has 2 heterocycles. The minimum Gasteiger partial charge on any atom is -0.494 e. The highest BCUT2D eigenvalue weighted by molar-refractivity contribution is 14.1. The molecule has 0 spiro atoms. The zero-order valence-corrected chi connectivity index (χ0v) is 19.9. The van der Waals surface area contributed by atoms with Gasteiger partial charge in [0.15, 0.2) is 0 Å². The Balaban J connectivity index is 1.57. The monoisotopic (exact) mass is 538 g/mol. The van der Waals surface area contributed by atoms with Crippen molar-refractivity contribution in [2.75, 3.05) is 12.4 Å². The molecule has 1 N–H and O–H groups in total. The summed E-state index contributed by atoms with van der Waals surface area (Å²) < 4.78 is 8.30. The molecule has 1 amide bonds. The van der Waals surface area contributed by atoms with Gasteiger partial charge in [-0.05, 0) is 43.7 Å². The van der Waals surface area contributed by atoms with E-state index in [4.69, 9.17) is 21.4 Å². The number of carbonyl (C=O) groups excluding carboxylic acids is 1. The van der Waals surface area contributed by atoms with Gasteiger partial charge in [0.25, 0.3) is 5.91 Å². The summed E-state index contributed by atoms with van der Waals surface area (Å²) in [5.41, 5.74) is 1.84. The summed E-state index contributed by atoms with van der Waals surface area (Å²) in [6, 6.07) is 5.78. The van der Waals surface area contributed by atoms with Gasteiger partial charge < -0.3 is 10.1 Å². The van der Waals surface area contributed by atoms with Crippen LogP contribution in [0.15, 0.2) is 36.8 Å². The van der Waals surface area contributed by atoms with Crippen LogP contribution in [-0.4, -0.2) is 31.7 Å². The van der Waals surface area contributed by atoms with Crippen LogP contribution >= 0.6 is 34.2 Å². The molecule has 0 saturated heterocycles. The molecular formula is C22H24ClIN4O2. The molecule has 6 nitrogen and oxygen atoms in total. The third-order valence-corrected chi connectivity index (χ3v) is 7.05. The van der Waals surface area contributed by atoms with E-state index in [2.05, 4.69) is 50.7 Å². The van der Waals surface area contributed by atoms with Gasteiger partial charge in [-0.15, -0.1) is 0 Å². The highest BCUT2D eigenvalue weighted by Gasteiger charge is 2.25. The highest BCUT2D eigenvalue weighted by atomic mass is 127. The van der Waals surface area contributed by atoms with Crippen LogP contribution in [0.1, 0.15) is 49.0 Å².